The minimum Gasteiger partial charge on any atom is -0.330 e. The van der Waals surface area contributed by atoms with Gasteiger partial charge in [-0.15, -0.1) is 0 Å². The van der Waals surface area contributed by atoms with Crippen LogP contribution in [0.3, 0.4) is 0 Å². The van der Waals surface area contributed by atoms with Gasteiger partial charge in [-0.3, -0.25) is 0 Å². The molecule has 16 heavy (non-hydrogen) atoms. The van der Waals surface area contributed by atoms with E-state index in [-0.39, 0.29) is 5.82 Å². The van der Waals surface area contributed by atoms with Crippen LogP contribution in [0.25, 0.3) is 0 Å². The van der Waals surface area contributed by atoms with E-state index in [2.05, 4.69) is 18.9 Å². The molecular formula is C13H21FN2. The standard InChI is InChI=1S/C13H21FN2/c1-10(7-15)8-16(3)9-12-4-5-13(14)11(2)6-12/h4-6,10H,7-9,15H2,1-3H3. The zero-order valence-electron chi connectivity index (χ0n) is 10.3. The van der Waals surface area contributed by atoms with Crippen LogP contribution >= 0.6 is 0 Å². The highest BCUT2D eigenvalue weighted by molar-refractivity contribution is 5.23. The van der Waals surface area contributed by atoms with Gasteiger partial charge in [-0.05, 0) is 43.6 Å². The fraction of sp³-hybridized carbons (Fsp3) is 0.538. The van der Waals surface area contributed by atoms with Gasteiger partial charge in [0, 0.05) is 13.1 Å². The molecule has 0 aromatic heterocycles. The van der Waals surface area contributed by atoms with Crippen LogP contribution in [0.1, 0.15) is 18.1 Å². The van der Waals surface area contributed by atoms with Gasteiger partial charge in [-0.2, -0.15) is 0 Å². The van der Waals surface area contributed by atoms with Gasteiger partial charge in [0.25, 0.3) is 0 Å². The smallest absolute Gasteiger partial charge is 0.126 e. The lowest BCUT2D eigenvalue weighted by atomic mass is 10.1. The Labute approximate surface area is 97.3 Å². The maximum absolute atomic E-state index is 13.1. The Morgan fingerprint density at radius 1 is 1.44 bits per heavy atom. The van der Waals surface area contributed by atoms with E-state index < -0.39 is 0 Å². The molecule has 0 heterocycles. The maximum Gasteiger partial charge on any atom is 0.126 e. The first kappa shape index (κ1) is 13.1. The molecule has 0 radical (unpaired) electrons. The molecule has 0 fully saturated rings. The average Bonchev–Trinajstić information content (AvgIpc) is 2.23. The summed E-state index contributed by atoms with van der Waals surface area (Å²) in [6, 6.07) is 5.27. The number of nitrogens with zero attached hydrogens (tertiary/aromatic N) is 1. The predicted molar refractivity (Wildman–Crippen MR) is 65.7 cm³/mol. The number of rotatable bonds is 5. The van der Waals surface area contributed by atoms with Gasteiger partial charge in [-0.1, -0.05) is 19.1 Å². The van der Waals surface area contributed by atoms with Crippen molar-refractivity contribution in [1.82, 2.24) is 4.90 Å². The minimum atomic E-state index is -0.137. The summed E-state index contributed by atoms with van der Waals surface area (Å²) >= 11 is 0. The summed E-state index contributed by atoms with van der Waals surface area (Å²) in [7, 11) is 2.06. The van der Waals surface area contributed by atoms with Crippen molar-refractivity contribution in [3.8, 4) is 0 Å². The molecular weight excluding hydrogens is 203 g/mol. The van der Waals surface area contributed by atoms with Gasteiger partial charge in [0.1, 0.15) is 5.82 Å². The quantitative estimate of drug-likeness (QED) is 0.830. The van der Waals surface area contributed by atoms with Crippen LogP contribution in [0.4, 0.5) is 4.39 Å². The van der Waals surface area contributed by atoms with E-state index >= 15 is 0 Å². The summed E-state index contributed by atoms with van der Waals surface area (Å²) in [5.74, 6) is 0.355. The molecule has 2 N–H and O–H groups in total. The Balaban J connectivity index is 2.56. The molecule has 0 aliphatic heterocycles. The summed E-state index contributed by atoms with van der Waals surface area (Å²) in [5.41, 5.74) is 7.43. The third kappa shape index (κ3) is 3.91. The van der Waals surface area contributed by atoms with E-state index in [0.29, 0.717) is 18.0 Å². The van der Waals surface area contributed by atoms with Crippen LogP contribution in [0.2, 0.25) is 0 Å². The summed E-state index contributed by atoms with van der Waals surface area (Å²) in [5, 5.41) is 0. The van der Waals surface area contributed by atoms with Crippen LogP contribution in [0.15, 0.2) is 18.2 Å². The average molecular weight is 224 g/mol. The largest absolute Gasteiger partial charge is 0.330 e. The van der Waals surface area contributed by atoms with Crippen molar-refractivity contribution in [3.05, 3.63) is 35.1 Å². The van der Waals surface area contributed by atoms with Crippen LogP contribution in [0, 0.1) is 18.7 Å². The molecule has 0 saturated heterocycles. The van der Waals surface area contributed by atoms with Gasteiger partial charge in [-0.25, -0.2) is 4.39 Å². The van der Waals surface area contributed by atoms with Crippen LogP contribution in [-0.4, -0.2) is 25.0 Å². The monoisotopic (exact) mass is 224 g/mol. The Hall–Kier alpha value is -0.930. The molecule has 0 aliphatic carbocycles. The molecule has 0 bridgehead atoms. The topological polar surface area (TPSA) is 29.3 Å². The second-order valence-electron chi connectivity index (χ2n) is 4.62. The number of hydrogen-bond donors (Lipinski definition) is 1. The second-order valence-corrected chi connectivity index (χ2v) is 4.62. The first-order valence-electron chi connectivity index (χ1n) is 5.66. The first-order chi connectivity index (χ1) is 7.52. The first-order valence-corrected chi connectivity index (χ1v) is 5.66. The van der Waals surface area contributed by atoms with E-state index in [9.17, 15) is 4.39 Å². The number of hydrogen-bond acceptors (Lipinski definition) is 2. The summed E-state index contributed by atoms with van der Waals surface area (Å²) in [4.78, 5) is 2.21. The van der Waals surface area contributed by atoms with Crippen LogP contribution in [-0.2, 0) is 6.54 Å². The second kappa shape index (κ2) is 5.97. The fourth-order valence-electron chi connectivity index (χ4n) is 1.79. The minimum absolute atomic E-state index is 0.137. The molecule has 90 valence electrons. The predicted octanol–water partition coefficient (Wildman–Crippen LogP) is 2.16. The molecule has 1 aromatic carbocycles. The molecule has 1 rings (SSSR count). The fourth-order valence-corrected chi connectivity index (χ4v) is 1.79. The van der Waals surface area contributed by atoms with Crippen molar-refractivity contribution in [2.45, 2.75) is 20.4 Å². The third-order valence-electron chi connectivity index (χ3n) is 2.70. The van der Waals surface area contributed by atoms with Crippen molar-refractivity contribution in [1.29, 1.82) is 0 Å². The lowest BCUT2D eigenvalue weighted by Crippen LogP contribution is -2.28. The summed E-state index contributed by atoms with van der Waals surface area (Å²) < 4.78 is 13.1. The van der Waals surface area contributed by atoms with Crippen LogP contribution in [0.5, 0.6) is 0 Å². The van der Waals surface area contributed by atoms with E-state index in [4.69, 9.17) is 5.73 Å². The highest BCUT2D eigenvalue weighted by Gasteiger charge is 2.06. The van der Waals surface area contributed by atoms with Crippen molar-refractivity contribution in [2.24, 2.45) is 11.7 Å². The Kier molecular flexibility index (Phi) is 4.90. The lowest BCUT2D eigenvalue weighted by Gasteiger charge is -2.20. The molecule has 1 aromatic rings. The Bertz CT molecular complexity index is 339. The Morgan fingerprint density at radius 2 is 2.12 bits per heavy atom. The molecule has 0 saturated carbocycles. The van der Waals surface area contributed by atoms with Crippen molar-refractivity contribution in [3.63, 3.8) is 0 Å². The molecule has 0 aliphatic rings. The molecule has 0 amide bonds. The molecule has 2 nitrogen and oxygen atoms in total. The number of aryl methyl sites for hydroxylation is 1. The Morgan fingerprint density at radius 3 is 2.69 bits per heavy atom. The number of nitrogens with two attached hydrogens (primary N) is 1. The van der Waals surface area contributed by atoms with E-state index in [1.165, 1.54) is 6.07 Å². The van der Waals surface area contributed by atoms with Crippen molar-refractivity contribution >= 4 is 0 Å². The summed E-state index contributed by atoms with van der Waals surface area (Å²) in [6.07, 6.45) is 0. The maximum atomic E-state index is 13.1. The van der Waals surface area contributed by atoms with E-state index in [1.807, 2.05) is 12.1 Å². The highest BCUT2D eigenvalue weighted by atomic mass is 19.1. The van der Waals surface area contributed by atoms with Gasteiger partial charge in [0.05, 0.1) is 0 Å². The van der Waals surface area contributed by atoms with E-state index in [0.717, 1.165) is 18.7 Å². The third-order valence-corrected chi connectivity index (χ3v) is 2.70. The lowest BCUT2D eigenvalue weighted by molar-refractivity contribution is 0.282. The van der Waals surface area contributed by atoms with Gasteiger partial charge >= 0.3 is 0 Å². The molecule has 1 unspecified atom stereocenters. The summed E-state index contributed by atoms with van der Waals surface area (Å²) in [6.45, 7) is 6.43. The van der Waals surface area contributed by atoms with Crippen molar-refractivity contribution in [2.75, 3.05) is 20.1 Å². The number of halogens is 1. The molecule has 3 heteroatoms. The number of benzene rings is 1. The van der Waals surface area contributed by atoms with Crippen LogP contribution < -0.4 is 5.73 Å². The normalized spacial score (nSPS) is 13.1. The van der Waals surface area contributed by atoms with Gasteiger partial charge in [0.2, 0.25) is 0 Å². The van der Waals surface area contributed by atoms with Gasteiger partial charge in [0.15, 0.2) is 0 Å². The SMILES string of the molecule is Cc1cc(CN(C)CC(C)CN)ccc1F. The van der Waals surface area contributed by atoms with E-state index in [1.54, 1.807) is 6.92 Å². The van der Waals surface area contributed by atoms with Gasteiger partial charge < -0.3 is 10.6 Å². The zero-order chi connectivity index (χ0) is 12.1. The van der Waals surface area contributed by atoms with Crippen molar-refractivity contribution < 1.29 is 4.39 Å². The molecule has 0 spiro atoms. The molecule has 1 atom stereocenters. The zero-order valence-corrected chi connectivity index (χ0v) is 10.3. The highest BCUT2D eigenvalue weighted by Crippen LogP contribution is 2.11.